The van der Waals surface area contributed by atoms with E-state index in [0.717, 1.165) is 0 Å². The fourth-order valence-electron chi connectivity index (χ4n) is 1.12. The molecular weight excluding hydrogens is 184 g/mol. The number of methoxy groups -OCH3 is 1. The van der Waals surface area contributed by atoms with Crippen molar-refractivity contribution < 1.29 is 4.74 Å². The van der Waals surface area contributed by atoms with Crippen LogP contribution in [0, 0.1) is 0 Å². The van der Waals surface area contributed by atoms with Crippen molar-refractivity contribution in [1.82, 2.24) is 19.9 Å². The van der Waals surface area contributed by atoms with Gasteiger partial charge in [-0.2, -0.15) is 0 Å². The molecule has 0 saturated heterocycles. The van der Waals surface area contributed by atoms with Gasteiger partial charge in [-0.05, 0) is 0 Å². The molecule has 0 aromatic carbocycles. The van der Waals surface area contributed by atoms with Crippen LogP contribution in [0.2, 0.25) is 0 Å². The molecule has 14 heavy (non-hydrogen) atoms. The molecule has 2 aromatic heterocycles. The normalized spacial score (nSPS) is 10.6. The summed E-state index contributed by atoms with van der Waals surface area (Å²) in [5, 5.41) is 0. The van der Waals surface area contributed by atoms with Gasteiger partial charge < -0.3 is 9.72 Å². The van der Waals surface area contributed by atoms with Crippen LogP contribution >= 0.6 is 0 Å². The molecule has 0 radical (unpaired) electrons. The number of ether oxygens (including phenoxy) is 1. The lowest BCUT2D eigenvalue weighted by atomic mass is 10.5. The van der Waals surface area contributed by atoms with Crippen molar-refractivity contribution in [3.63, 3.8) is 0 Å². The van der Waals surface area contributed by atoms with E-state index < -0.39 is 0 Å². The molecule has 0 bridgehead atoms. The van der Waals surface area contributed by atoms with E-state index in [1.54, 1.807) is 0 Å². The number of rotatable bonds is 2. The second-order valence-corrected chi connectivity index (χ2v) is 2.67. The van der Waals surface area contributed by atoms with E-state index in [4.69, 9.17) is 4.74 Å². The van der Waals surface area contributed by atoms with Gasteiger partial charge in [-0.1, -0.05) is 0 Å². The molecule has 2 aromatic rings. The van der Waals surface area contributed by atoms with Crippen LogP contribution in [0.5, 0.6) is 0 Å². The first-order valence-electron chi connectivity index (χ1n) is 4.00. The molecule has 0 atom stereocenters. The summed E-state index contributed by atoms with van der Waals surface area (Å²) in [4.78, 5) is 25.9. The van der Waals surface area contributed by atoms with Gasteiger partial charge in [0.2, 0.25) is 0 Å². The Balaban J connectivity index is 2.66. The van der Waals surface area contributed by atoms with Crippen LogP contribution in [0.25, 0.3) is 11.2 Å². The van der Waals surface area contributed by atoms with Gasteiger partial charge in [0, 0.05) is 19.5 Å². The molecule has 0 fully saturated rings. The van der Waals surface area contributed by atoms with E-state index in [-0.39, 0.29) is 17.7 Å². The van der Waals surface area contributed by atoms with Gasteiger partial charge in [-0.3, -0.25) is 4.79 Å². The summed E-state index contributed by atoms with van der Waals surface area (Å²) in [6.45, 7) is 0.252. The maximum Gasteiger partial charge on any atom is 0.279 e. The van der Waals surface area contributed by atoms with Crippen molar-refractivity contribution in [2.75, 3.05) is 7.11 Å². The Kier molecular flexibility index (Phi) is 2.19. The highest BCUT2D eigenvalue weighted by Crippen LogP contribution is 1.98. The first kappa shape index (κ1) is 8.76. The third-order valence-electron chi connectivity index (χ3n) is 1.67. The van der Waals surface area contributed by atoms with E-state index in [9.17, 15) is 4.79 Å². The smallest absolute Gasteiger partial charge is 0.279 e. The third-order valence-corrected chi connectivity index (χ3v) is 1.67. The average Bonchev–Trinajstić information content (AvgIpc) is 2.18. The molecule has 6 heteroatoms. The molecule has 0 aliphatic carbocycles. The topological polar surface area (TPSA) is 80.8 Å². The SMILES string of the molecule is COCc1nc2nccnc2c(=O)[nH]1. The fourth-order valence-corrected chi connectivity index (χ4v) is 1.12. The van der Waals surface area contributed by atoms with Crippen LogP contribution in [0.4, 0.5) is 0 Å². The number of aromatic amines is 1. The molecular formula is C8H8N4O2. The number of hydrogen-bond acceptors (Lipinski definition) is 5. The third kappa shape index (κ3) is 1.47. The Morgan fingerprint density at radius 3 is 3.00 bits per heavy atom. The monoisotopic (exact) mass is 192 g/mol. The van der Waals surface area contributed by atoms with Crippen molar-refractivity contribution in [2.45, 2.75) is 6.61 Å². The molecule has 0 unspecified atom stereocenters. The van der Waals surface area contributed by atoms with Crippen molar-refractivity contribution in [3.05, 3.63) is 28.6 Å². The molecule has 0 spiro atoms. The summed E-state index contributed by atoms with van der Waals surface area (Å²) in [5.74, 6) is 0.450. The number of hydrogen-bond donors (Lipinski definition) is 1. The molecule has 0 aliphatic heterocycles. The molecule has 6 nitrogen and oxygen atoms in total. The second kappa shape index (κ2) is 3.51. The van der Waals surface area contributed by atoms with E-state index in [0.29, 0.717) is 11.5 Å². The summed E-state index contributed by atoms with van der Waals surface area (Å²) in [5.41, 5.74) is 0.283. The quantitative estimate of drug-likeness (QED) is 0.716. The largest absolute Gasteiger partial charge is 0.377 e. The van der Waals surface area contributed by atoms with Crippen LogP contribution in [-0.4, -0.2) is 27.0 Å². The zero-order valence-corrected chi connectivity index (χ0v) is 7.52. The summed E-state index contributed by atoms with van der Waals surface area (Å²) in [6, 6.07) is 0. The Morgan fingerprint density at radius 1 is 1.43 bits per heavy atom. The van der Waals surface area contributed by atoms with E-state index >= 15 is 0 Å². The lowest BCUT2D eigenvalue weighted by Crippen LogP contribution is -2.14. The van der Waals surface area contributed by atoms with Crippen LogP contribution in [0.3, 0.4) is 0 Å². The molecule has 0 amide bonds. The summed E-state index contributed by atoms with van der Waals surface area (Å²) in [6.07, 6.45) is 2.95. The predicted molar refractivity (Wildman–Crippen MR) is 48.7 cm³/mol. The first-order valence-corrected chi connectivity index (χ1v) is 4.00. The lowest BCUT2D eigenvalue weighted by Gasteiger charge is -1.99. The van der Waals surface area contributed by atoms with Gasteiger partial charge in [0.15, 0.2) is 11.2 Å². The molecule has 0 saturated carbocycles. The number of nitrogens with one attached hydrogen (secondary N) is 1. The van der Waals surface area contributed by atoms with Gasteiger partial charge in [0.1, 0.15) is 12.4 Å². The van der Waals surface area contributed by atoms with Crippen LogP contribution in [0.15, 0.2) is 17.2 Å². The average molecular weight is 192 g/mol. The standard InChI is InChI=1S/C8H8N4O2/c1-14-4-5-11-7-6(8(13)12-5)9-2-3-10-7/h2-3H,4H2,1H3,(H,10,11,12,13). The van der Waals surface area contributed by atoms with Gasteiger partial charge in [0.25, 0.3) is 5.56 Å². The minimum absolute atomic E-state index is 0.243. The van der Waals surface area contributed by atoms with Crippen LogP contribution < -0.4 is 5.56 Å². The van der Waals surface area contributed by atoms with Crippen molar-refractivity contribution in [3.8, 4) is 0 Å². The molecule has 1 N–H and O–H groups in total. The van der Waals surface area contributed by atoms with E-state index in [1.165, 1.54) is 19.5 Å². The summed E-state index contributed by atoms with van der Waals surface area (Å²) < 4.78 is 4.85. The van der Waals surface area contributed by atoms with Gasteiger partial charge >= 0.3 is 0 Å². The number of fused-ring (bicyclic) bond motifs is 1. The van der Waals surface area contributed by atoms with Crippen molar-refractivity contribution >= 4 is 11.2 Å². The Labute approximate surface area is 79.0 Å². The highest BCUT2D eigenvalue weighted by molar-refractivity contribution is 5.67. The second-order valence-electron chi connectivity index (χ2n) is 2.67. The summed E-state index contributed by atoms with van der Waals surface area (Å²) >= 11 is 0. The maximum absolute atomic E-state index is 11.4. The maximum atomic E-state index is 11.4. The predicted octanol–water partition coefficient (Wildman–Crippen LogP) is -0.141. The highest BCUT2D eigenvalue weighted by atomic mass is 16.5. The van der Waals surface area contributed by atoms with Gasteiger partial charge in [0.05, 0.1) is 0 Å². The number of aromatic nitrogens is 4. The molecule has 2 rings (SSSR count). The summed E-state index contributed by atoms with van der Waals surface area (Å²) in [7, 11) is 1.53. The first-order chi connectivity index (χ1) is 6.81. The minimum atomic E-state index is -0.296. The number of nitrogens with zero attached hydrogens (tertiary/aromatic N) is 3. The zero-order chi connectivity index (χ0) is 9.97. The zero-order valence-electron chi connectivity index (χ0n) is 7.52. The fraction of sp³-hybridized carbons (Fsp3) is 0.250. The van der Waals surface area contributed by atoms with Gasteiger partial charge in [-0.15, -0.1) is 0 Å². The van der Waals surface area contributed by atoms with Crippen LogP contribution in [0.1, 0.15) is 5.82 Å². The van der Waals surface area contributed by atoms with E-state index in [2.05, 4.69) is 19.9 Å². The Bertz CT molecular complexity index is 508. The molecule has 2 heterocycles. The Hall–Kier alpha value is -1.82. The highest BCUT2D eigenvalue weighted by Gasteiger charge is 2.04. The molecule has 0 aliphatic rings. The van der Waals surface area contributed by atoms with Crippen LogP contribution in [-0.2, 0) is 11.3 Å². The Morgan fingerprint density at radius 2 is 2.21 bits per heavy atom. The van der Waals surface area contributed by atoms with Gasteiger partial charge in [-0.25, -0.2) is 15.0 Å². The van der Waals surface area contributed by atoms with Crippen molar-refractivity contribution in [2.24, 2.45) is 0 Å². The van der Waals surface area contributed by atoms with E-state index in [1.807, 2.05) is 0 Å². The molecule has 72 valence electrons. The lowest BCUT2D eigenvalue weighted by molar-refractivity contribution is 0.178. The minimum Gasteiger partial charge on any atom is -0.377 e. The number of H-pyrrole nitrogens is 1. The van der Waals surface area contributed by atoms with Crippen molar-refractivity contribution in [1.29, 1.82) is 0 Å².